The van der Waals surface area contributed by atoms with E-state index in [9.17, 15) is 14.9 Å². The van der Waals surface area contributed by atoms with Crippen molar-refractivity contribution in [3.05, 3.63) is 28.3 Å². The summed E-state index contributed by atoms with van der Waals surface area (Å²) in [4.78, 5) is 24.2. The number of benzene rings is 1. The lowest BCUT2D eigenvalue weighted by Gasteiger charge is -2.16. The highest BCUT2D eigenvalue weighted by Crippen LogP contribution is 2.28. The Morgan fingerprint density at radius 3 is 2.75 bits per heavy atom. The summed E-state index contributed by atoms with van der Waals surface area (Å²) in [5, 5.41) is 13.8. The molecule has 0 bridgehead atoms. The molecule has 1 N–H and O–H groups in total. The summed E-state index contributed by atoms with van der Waals surface area (Å²) in [6.07, 6.45) is 2.04. The minimum Gasteiger partial charge on any atom is -0.496 e. The number of nitrogens with zero attached hydrogens (tertiary/aromatic N) is 2. The number of carbonyl (C=O) groups excluding carboxylic acids is 1. The molecule has 1 aromatic carbocycles. The van der Waals surface area contributed by atoms with Crippen LogP contribution in [0.25, 0.3) is 0 Å². The summed E-state index contributed by atoms with van der Waals surface area (Å²) >= 11 is 0. The first kappa shape index (κ1) is 14.1. The molecule has 1 fully saturated rings. The van der Waals surface area contributed by atoms with Crippen molar-refractivity contribution in [2.75, 3.05) is 32.1 Å². The number of anilines is 1. The van der Waals surface area contributed by atoms with Crippen molar-refractivity contribution in [2.45, 2.75) is 12.8 Å². The molecule has 7 heteroatoms. The molecule has 20 heavy (non-hydrogen) atoms. The van der Waals surface area contributed by atoms with E-state index in [-0.39, 0.29) is 18.1 Å². The highest BCUT2D eigenvalue weighted by molar-refractivity contribution is 5.82. The van der Waals surface area contributed by atoms with Gasteiger partial charge >= 0.3 is 0 Å². The van der Waals surface area contributed by atoms with Crippen LogP contribution in [0.5, 0.6) is 5.75 Å². The molecule has 0 saturated carbocycles. The molecule has 0 atom stereocenters. The smallest absolute Gasteiger partial charge is 0.296 e. The van der Waals surface area contributed by atoms with Crippen molar-refractivity contribution in [1.29, 1.82) is 0 Å². The lowest BCUT2D eigenvalue weighted by molar-refractivity contribution is -0.384. The largest absolute Gasteiger partial charge is 0.496 e. The number of hydrogen-bond donors (Lipinski definition) is 1. The van der Waals surface area contributed by atoms with E-state index in [0.717, 1.165) is 25.9 Å². The second-order valence-corrected chi connectivity index (χ2v) is 4.58. The maximum Gasteiger partial charge on any atom is 0.296 e. The highest BCUT2D eigenvalue weighted by atomic mass is 16.6. The fraction of sp³-hybridized carbons (Fsp3) is 0.462. The van der Waals surface area contributed by atoms with E-state index in [1.807, 2.05) is 0 Å². The van der Waals surface area contributed by atoms with Gasteiger partial charge in [-0.2, -0.15) is 0 Å². The zero-order chi connectivity index (χ0) is 14.5. The van der Waals surface area contributed by atoms with Crippen LogP contribution in [0, 0.1) is 10.1 Å². The first-order valence-electron chi connectivity index (χ1n) is 6.46. The standard InChI is InChI=1S/C13H17N3O4/c1-20-10-4-5-11(12(8-10)16(18)19)14-9-13(17)15-6-2-3-7-15/h4-5,8,14H,2-3,6-7,9H2,1H3. The van der Waals surface area contributed by atoms with E-state index in [4.69, 9.17) is 4.74 Å². The van der Waals surface area contributed by atoms with Crippen LogP contribution < -0.4 is 10.1 Å². The number of rotatable bonds is 5. The molecule has 1 saturated heterocycles. The molecule has 1 heterocycles. The monoisotopic (exact) mass is 279 g/mol. The van der Waals surface area contributed by atoms with Crippen molar-refractivity contribution in [2.24, 2.45) is 0 Å². The second kappa shape index (κ2) is 6.23. The maximum absolute atomic E-state index is 11.9. The Morgan fingerprint density at radius 2 is 2.15 bits per heavy atom. The molecule has 0 spiro atoms. The minimum atomic E-state index is -0.495. The lowest BCUT2D eigenvalue weighted by Crippen LogP contribution is -2.33. The van der Waals surface area contributed by atoms with Gasteiger partial charge in [0.1, 0.15) is 11.4 Å². The van der Waals surface area contributed by atoms with Gasteiger partial charge in [-0.25, -0.2) is 0 Å². The second-order valence-electron chi connectivity index (χ2n) is 4.58. The minimum absolute atomic E-state index is 0.0346. The van der Waals surface area contributed by atoms with Crippen LogP contribution >= 0.6 is 0 Å². The average molecular weight is 279 g/mol. The molecule has 1 aromatic rings. The Labute approximate surface area is 116 Å². The van der Waals surface area contributed by atoms with Crippen LogP contribution in [-0.4, -0.2) is 42.5 Å². The fourth-order valence-electron chi connectivity index (χ4n) is 2.19. The molecule has 108 valence electrons. The van der Waals surface area contributed by atoms with E-state index in [1.165, 1.54) is 13.2 Å². The molecule has 1 aliphatic heterocycles. The van der Waals surface area contributed by atoms with E-state index in [0.29, 0.717) is 11.4 Å². The van der Waals surface area contributed by atoms with Gasteiger partial charge < -0.3 is 15.0 Å². The average Bonchev–Trinajstić information content (AvgIpc) is 2.98. The van der Waals surface area contributed by atoms with Crippen LogP contribution in [0.15, 0.2) is 18.2 Å². The van der Waals surface area contributed by atoms with E-state index >= 15 is 0 Å². The highest BCUT2D eigenvalue weighted by Gasteiger charge is 2.20. The third kappa shape index (κ3) is 3.17. The molecule has 2 rings (SSSR count). The Morgan fingerprint density at radius 1 is 1.45 bits per heavy atom. The van der Waals surface area contributed by atoms with Gasteiger partial charge in [-0.1, -0.05) is 0 Å². The molecule has 1 amide bonds. The zero-order valence-corrected chi connectivity index (χ0v) is 11.3. The third-order valence-corrected chi connectivity index (χ3v) is 3.29. The lowest BCUT2D eigenvalue weighted by atomic mass is 10.2. The maximum atomic E-state index is 11.9. The molecule has 0 radical (unpaired) electrons. The van der Waals surface area contributed by atoms with Crippen LogP contribution in [-0.2, 0) is 4.79 Å². The molecule has 0 aliphatic carbocycles. The van der Waals surface area contributed by atoms with Gasteiger partial charge in [0.15, 0.2) is 0 Å². The third-order valence-electron chi connectivity index (χ3n) is 3.29. The van der Waals surface area contributed by atoms with Crippen LogP contribution in [0.2, 0.25) is 0 Å². The van der Waals surface area contributed by atoms with Crippen molar-refractivity contribution in [3.63, 3.8) is 0 Å². The number of nitro benzene ring substituents is 1. The molecule has 0 unspecified atom stereocenters. The molecule has 0 aromatic heterocycles. The summed E-state index contributed by atoms with van der Waals surface area (Å²) in [5.41, 5.74) is 0.224. The molecular formula is C13H17N3O4. The number of ether oxygens (including phenoxy) is 1. The first-order valence-corrected chi connectivity index (χ1v) is 6.46. The SMILES string of the molecule is COc1ccc(NCC(=O)N2CCCC2)c([N+](=O)[O-])c1. The normalized spacial score (nSPS) is 14.2. The van der Waals surface area contributed by atoms with Gasteiger partial charge in [0, 0.05) is 13.1 Å². The molecular weight excluding hydrogens is 262 g/mol. The van der Waals surface area contributed by atoms with Crippen molar-refractivity contribution in [3.8, 4) is 5.75 Å². The van der Waals surface area contributed by atoms with Gasteiger partial charge in [-0.3, -0.25) is 14.9 Å². The predicted molar refractivity (Wildman–Crippen MR) is 74.0 cm³/mol. The molecule has 7 nitrogen and oxygen atoms in total. The number of likely N-dealkylation sites (tertiary alicyclic amines) is 1. The quantitative estimate of drug-likeness (QED) is 0.654. The van der Waals surface area contributed by atoms with Gasteiger partial charge in [0.2, 0.25) is 5.91 Å². The summed E-state index contributed by atoms with van der Waals surface area (Å²) in [7, 11) is 1.45. The summed E-state index contributed by atoms with van der Waals surface area (Å²) in [6, 6.07) is 4.51. The number of nitro groups is 1. The number of nitrogens with one attached hydrogen (secondary N) is 1. The van der Waals surface area contributed by atoms with Gasteiger partial charge in [0.25, 0.3) is 5.69 Å². The van der Waals surface area contributed by atoms with E-state index in [2.05, 4.69) is 5.32 Å². The number of methoxy groups -OCH3 is 1. The zero-order valence-electron chi connectivity index (χ0n) is 11.3. The fourth-order valence-corrected chi connectivity index (χ4v) is 2.19. The summed E-state index contributed by atoms with van der Waals surface area (Å²) in [6.45, 7) is 1.60. The first-order chi connectivity index (χ1) is 9.61. The topological polar surface area (TPSA) is 84.7 Å². The van der Waals surface area contributed by atoms with Crippen LogP contribution in [0.1, 0.15) is 12.8 Å². The van der Waals surface area contributed by atoms with Gasteiger partial charge in [-0.15, -0.1) is 0 Å². The van der Waals surface area contributed by atoms with Gasteiger partial charge in [-0.05, 0) is 25.0 Å². The van der Waals surface area contributed by atoms with E-state index in [1.54, 1.807) is 17.0 Å². The number of hydrogen-bond acceptors (Lipinski definition) is 5. The van der Waals surface area contributed by atoms with Crippen LogP contribution in [0.3, 0.4) is 0 Å². The summed E-state index contributed by atoms with van der Waals surface area (Å²) < 4.78 is 4.96. The van der Waals surface area contributed by atoms with Gasteiger partial charge in [0.05, 0.1) is 24.6 Å². The molecule has 1 aliphatic rings. The van der Waals surface area contributed by atoms with Crippen LogP contribution in [0.4, 0.5) is 11.4 Å². The summed E-state index contributed by atoms with van der Waals surface area (Å²) in [5.74, 6) is 0.376. The van der Waals surface area contributed by atoms with E-state index < -0.39 is 4.92 Å². The Kier molecular flexibility index (Phi) is 4.39. The Hall–Kier alpha value is -2.31. The Bertz CT molecular complexity index is 512. The van der Waals surface area contributed by atoms with Crippen molar-refractivity contribution < 1.29 is 14.5 Å². The predicted octanol–water partition coefficient (Wildman–Crippen LogP) is 1.64. The number of carbonyl (C=O) groups is 1. The van der Waals surface area contributed by atoms with Crippen molar-refractivity contribution >= 4 is 17.3 Å². The number of amides is 1. The Balaban J connectivity index is 2.04. The van der Waals surface area contributed by atoms with Crippen molar-refractivity contribution in [1.82, 2.24) is 4.90 Å².